The van der Waals surface area contributed by atoms with Crippen molar-refractivity contribution in [3.63, 3.8) is 0 Å². The quantitative estimate of drug-likeness (QED) is 0.0111. The number of amides is 1. The lowest BCUT2D eigenvalue weighted by Gasteiger charge is -2.21. The third kappa shape index (κ3) is 42.9. The molecule has 0 aliphatic carbocycles. The lowest BCUT2D eigenvalue weighted by atomic mass is 10.0. The fourth-order valence-corrected chi connectivity index (χ4v) is 7.47. The van der Waals surface area contributed by atoms with E-state index < -0.39 is 37.0 Å². The molecule has 0 aromatic rings. The van der Waals surface area contributed by atoms with Gasteiger partial charge in [-0.3, -0.25) is 30.3 Å². The van der Waals surface area contributed by atoms with Crippen LogP contribution in [0.3, 0.4) is 0 Å². The second kappa shape index (κ2) is 44.5. The van der Waals surface area contributed by atoms with Crippen molar-refractivity contribution >= 4 is 26.6 Å². The Balaban J connectivity index is 3.64. The maximum Gasteiger partial charge on any atom is 0.320 e. The van der Waals surface area contributed by atoms with Gasteiger partial charge in [0.25, 0.3) is 0 Å². The van der Waals surface area contributed by atoms with Crippen LogP contribution >= 0.6 is 9.24 Å². The molecule has 20 heteroatoms. The summed E-state index contributed by atoms with van der Waals surface area (Å²) in [7, 11) is 2.18. The van der Waals surface area contributed by atoms with Crippen molar-refractivity contribution < 1.29 is 86.8 Å². The highest BCUT2D eigenvalue weighted by molar-refractivity contribution is 7.40. The number of hydrogen-bond acceptors (Lipinski definition) is 16. The highest BCUT2D eigenvalue weighted by Gasteiger charge is 2.21. The average Bonchev–Trinajstić information content (AvgIpc) is 3.22. The lowest BCUT2D eigenvalue weighted by molar-refractivity contribution is -0.448. The molecule has 363 valence electrons. The van der Waals surface area contributed by atoms with E-state index in [1.165, 1.54) is 44.9 Å². The zero-order valence-corrected chi connectivity index (χ0v) is 39.9. The van der Waals surface area contributed by atoms with E-state index in [1.807, 2.05) is 22.9 Å². The van der Waals surface area contributed by atoms with Gasteiger partial charge in [0.1, 0.15) is 31.3 Å². The highest BCUT2D eigenvalue weighted by atomic mass is 127. The number of aliphatic hydroxyl groups excluding tert-OH is 4. The Bertz CT molecular complexity index is 1030. The predicted molar refractivity (Wildman–Crippen MR) is 232 cm³/mol. The van der Waals surface area contributed by atoms with E-state index in [9.17, 15) is 34.8 Å². The molecule has 6 unspecified atom stereocenters. The Morgan fingerprint density at radius 2 is 1.00 bits per heavy atom. The van der Waals surface area contributed by atoms with Crippen molar-refractivity contribution in [1.29, 1.82) is 0 Å². The first kappa shape index (κ1) is 60.2. The molecule has 0 fully saturated rings. The van der Waals surface area contributed by atoms with Crippen molar-refractivity contribution in [1.82, 2.24) is 24.8 Å². The van der Waals surface area contributed by atoms with Gasteiger partial charge in [0.05, 0.1) is 46.2 Å². The van der Waals surface area contributed by atoms with Gasteiger partial charge < -0.3 is 81.3 Å². The first-order valence-corrected chi connectivity index (χ1v) is 24.2. The molecule has 0 aliphatic heterocycles. The maximum atomic E-state index is 11.8. The monoisotopic (exact) mass is 1010 g/mol. The molecule has 0 rings (SSSR count). The summed E-state index contributed by atoms with van der Waals surface area (Å²) in [5.74, 6) is -1.28. The van der Waals surface area contributed by atoms with Crippen LogP contribution in [0.15, 0.2) is 0 Å². The number of unbranched alkanes of at least 4 members (excludes halogenated alkanes) is 14. The Morgan fingerprint density at radius 3 is 1.52 bits per heavy atom. The first-order chi connectivity index (χ1) is 29.5. The van der Waals surface area contributed by atoms with Crippen LogP contribution in [-0.4, -0.2) is 158 Å². The summed E-state index contributed by atoms with van der Waals surface area (Å²) < 4.78 is 24.6. The molecule has 0 saturated carbocycles. The van der Waals surface area contributed by atoms with Crippen LogP contribution in [-0.2, 0) is 33.3 Å². The molecular formula is C41H83IN5O13P-. The Kier molecular flexibility index (Phi) is 43.9. The van der Waals surface area contributed by atoms with Gasteiger partial charge in [0.15, 0.2) is 11.8 Å². The van der Waals surface area contributed by atoms with E-state index >= 15 is 0 Å². The van der Waals surface area contributed by atoms with E-state index in [1.54, 1.807) is 0 Å². The van der Waals surface area contributed by atoms with E-state index in [-0.39, 0.29) is 63.3 Å². The van der Waals surface area contributed by atoms with E-state index in [0.717, 1.165) is 57.8 Å². The first-order valence-electron chi connectivity index (χ1n) is 22.5. The Morgan fingerprint density at radius 1 is 0.508 bits per heavy atom. The molecule has 0 saturated heterocycles. The Labute approximate surface area is 381 Å². The molecule has 61 heavy (non-hydrogen) atoms. The molecule has 0 spiro atoms. The van der Waals surface area contributed by atoms with Gasteiger partial charge in [-0.25, -0.2) is 0 Å². The highest BCUT2D eigenvalue weighted by Crippen LogP contribution is 2.15. The third-order valence-corrected chi connectivity index (χ3v) is 11.0. The predicted octanol–water partition coefficient (Wildman–Crippen LogP) is -1.32. The fourth-order valence-electron chi connectivity index (χ4n) is 6.26. The van der Waals surface area contributed by atoms with E-state index in [2.05, 4.69) is 34.0 Å². The van der Waals surface area contributed by atoms with Crippen LogP contribution in [0.5, 0.6) is 0 Å². The van der Waals surface area contributed by atoms with Crippen molar-refractivity contribution in [2.24, 2.45) is 0 Å². The molecular weight excluding hydrogens is 928 g/mol. The molecule has 1 amide bonds. The van der Waals surface area contributed by atoms with E-state index in [0.29, 0.717) is 58.7 Å². The van der Waals surface area contributed by atoms with Crippen LogP contribution in [0.4, 0.5) is 0 Å². The number of carbonyl (C=O) groups excluding carboxylic acids is 2. The summed E-state index contributed by atoms with van der Waals surface area (Å²) in [6.07, 6.45) is 15.5. The lowest BCUT2D eigenvalue weighted by Crippen LogP contribution is -3.43. The van der Waals surface area contributed by atoms with Gasteiger partial charge in [-0.05, 0) is 57.8 Å². The zero-order valence-electron chi connectivity index (χ0n) is 36.6. The molecule has 18 nitrogen and oxygen atoms in total. The zero-order chi connectivity index (χ0) is 45.2. The molecule has 0 aromatic heterocycles. The van der Waals surface area contributed by atoms with Gasteiger partial charge >= 0.3 is 5.97 Å². The second-order valence-electron chi connectivity index (χ2n) is 15.4. The summed E-state index contributed by atoms with van der Waals surface area (Å²) in [6.45, 7) is 3.00. The van der Waals surface area contributed by atoms with Gasteiger partial charge in [0.2, 0.25) is 5.91 Å². The summed E-state index contributed by atoms with van der Waals surface area (Å²) in [6, 6.07) is -1.16. The SMILES string of the molecule is O=C(COCCOCCNC(O)COCCOCCNC(O)CCC(NC(O)CCCCCCCCCCCCCCCCC(O)O)C(=O)O)NCCCCC(N[I-])C(=O)P. The van der Waals surface area contributed by atoms with Gasteiger partial charge in [-0.2, -0.15) is 0 Å². The summed E-state index contributed by atoms with van der Waals surface area (Å²) in [5.41, 5.74) is 0.0185. The second-order valence-corrected chi connectivity index (χ2v) is 16.6. The minimum atomic E-state index is -1.17. The van der Waals surface area contributed by atoms with Crippen LogP contribution in [0.1, 0.15) is 135 Å². The number of halogens is 1. The number of hydrogen-bond donors (Lipinski definition) is 11. The van der Waals surface area contributed by atoms with Crippen LogP contribution in [0.25, 0.3) is 0 Å². The topological polar surface area (TPSA) is 270 Å². The minimum absolute atomic E-state index is 0.0185. The number of carbonyl (C=O) groups is 3. The molecule has 11 N–H and O–H groups in total. The molecule has 6 atom stereocenters. The summed E-state index contributed by atoms with van der Waals surface area (Å²) in [4.78, 5) is 34.9. The molecule has 1 radical (unpaired) electrons. The Hall–Kier alpha value is -0.750. The van der Waals surface area contributed by atoms with Gasteiger partial charge in [0, 0.05) is 25.7 Å². The smallest absolute Gasteiger partial charge is 0.320 e. The number of aliphatic hydroxyl groups is 5. The molecule has 0 aliphatic rings. The third-order valence-electron chi connectivity index (χ3n) is 9.83. The molecule has 0 heterocycles. The number of carboxylic acids is 1. The van der Waals surface area contributed by atoms with Gasteiger partial charge in [-0.15, -0.1) is 0 Å². The normalized spacial score (nSPS) is 14.2. The number of ether oxygens (including phenoxy) is 4. The summed E-state index contributed by atoms with van der Waals surface area (Å²) in [5, 5.41) is 69.2. The van der Waals surface area contributed by atoms with Crippen LogP contribution in [0.2, 0.25) is 0 Å². The number of aliphatic carboxylic acids is 1. The van der Waals surface area contributed by atoms with Crippen molar-refractivity contribution in [2.45, 2.75) is 172 Å². The minimum Gasteiger partial charge on any atom is -0.702 e. The van der Waals surface area contributed by atoms with Crippen LogP contribution < -0.4 is 47.7 Å². The number of carboxylic acid groups (broad SMARTS) is 1. The van der Waals surface area contributed by atoms with Gasteiger partial charge in [-0.1, -0.05) is 86.3 Å². The molecule has 0 aromatic carbocycles. The van der Waals surface area contributed by atoms with E-state index in [4.69, 9.17) is 29.2 Å². The van der Waals surface area contributed by atoms with Crippen molar-refractivity contribution in [3.05, 3.63) is 0 Å². The largest absolute Gasteiger partial charge is 0.702 e. The standard InChI is InChI=1S/C41H83IN5O13P/c42-47-34(41(56)61)17-15-16-22-43-37(50)31-59-29-28-58-26-24-45-38(51)32-60-30-27-57-25-23-44-35(48)21-20-33(40(54)55)46-36(49)18-13-11-9-7-5-3-1-2-4-6-8-10-12-14-19-39(52)53/h33-36,38-39,44-49,51-53H,1-32,61H2,(H,43,50)(H,54,55)/q-1. The van der Waals surface area contributed by atoms with Crippen molar-refractivity contribution in [3.8, 4) is 0 Å². The van der Waals surface area contributed by atoms with Crippen LogP contribution in [0, 0.1) is 0 Å². The maximum absolute atomic E-state index is 11.8. The fraction of sp³-hybridized carbons (Fsp3) is 0.927. The number of rotatable bonds is 48. The van der Waals surface area contributed by atoms with Crippen molar-refractivity contribution in [2.75, 3.05) is 72.5 Å². The number of nitrogens with one attached hydrogen (secondary N) is 5. The average molecular weight is 1010 g/mol. The molecule has 0 bridgehead atoms. The summed E-state index contributed by atoms with van der Waals surface area (Å²) >= 11 is 1.96.